The number of methoxy groups -OCH3 is 1. The number of hydrogen-bond donors (Lipinski definition) is 1. The number of benzene rings is 1. The van der Waals surface area contributed by atoms with Crippen molar-refractivity contribution >= 4 is 23.5 Å². The first-order chi connectivity index (χ1) is 10.1. The summed E-state index contributed by atoms with van der Waals surface area (Å²) in [5, 5.41) is 3.25. The van der Waals surface area contributed by atoms with E-state index >= 15 is 0 Å². The van der Waals surface area contributed by atoms with Gasteiger partial charge in [-0.1, -0.05) is 24.4 Å². The van der Waals surface area contributed by atoms with Gasteiger partial charge in [-0.3, -0.25) is 4.79 Å². The lowest BCUT2D eigenvalue weighted by atomic mass is 10.2. The predicted octanol–water partition coefficient (Wildman–Crippen LogP) is 2.56. The van der Waals surface area contributed by atoms with E-state index in [9.17, 15) is 9.59 Å². The molecule has 1 amide bonds. The number of halogens is 1. The van der Waals surface area contributed by atoms with E-state index < -0.39 is 5.97 Å². The highest BCUT2D eigenvalue weighted by Crippen LogP contribution is 2.23. The quantitative estimate of drug-likeness (QED) is 0.849. The first-order valence-electron chi connectivity index (χ1n) is 6.90. The van der Waals surface area contributed by atoms with Gasteiger partial charge in [-0.15, -0.1) is 0 Å². The lowest BCUT2D eigenvalue weighted by molar-refractivity contribution is -0.124. The molecular weight excluding hydrogens is 294 g/mol. The standard InChI is InChI=1S/C15H18ClNO4/c1-20-13-7-6-10(16)8-12(13)15(19)21-9-14(18)17-11-4-2-3-5-11/h6-8,11H,2-5,9H2,1H3,(H,17,18). The third-order valence-electron chi connectivity index (χ3n) is 3.44. The molecule has 0 radical (unpaired) electrons. The largest absolute Gasteiger partial charge is 0.496 e. The van der Waals surface area contributed by atoms with Crippen LogP contribution >= 0.6 is 11.6 Å². The van der Waals surface area contributed by atoms with Gasteiger partial charge in [-0.05, 0) is 31.0 Å². The average Bonchev–Trinajstić information content (AvgIpc) is 2.97. The maximum atomic E-state index is 12.0. The molecule has 0 spiro atoms. The van der Waals surface area contributed by atoms with Gasteiger partial charge in [0.15, 0.2) is 6.61 Å². The molecule has 1 fully saturated rings. The maximum Gasteiger partial charge on any atom is 0.342 e. The van der Waals surface area contributed by atoms with Crippen molar-refractivity contribution in [3.8, 4) is 5.75 Å². The van der Waals surface area contributed by atoms with Crippen LogP contribution in [0.5, 0.6) is 5.75 Å². The Balaban J connectivity index is 1.89. The first kappa shape index (κ1) is 15.6. The summed E-state index contributed by atoms with van der Waals surface area (Å²) < 4.78 is 10.1. The number of carbonyl (C=O) groups excluding carboxylic acids is 2. The third-order valence-corrected chi connectivity index (χ3v) is 3.67. The number of hydrogen-bond acceptors (Lipinski definition) is 4. The van der Waals surface area contributed by atoms with E-state index in [1.807, 2.05) is 0 Å². The molecule has 5 nitrogen and oxygen atoms in total. The molecule has 0 aliphatic heterocycles. The molecule has 6 heteroatoms. The van der Waals surface area contributed by atoms with Crippen LogP contribution in [0.15, 0.2) is 18.2 Å². The van der Waals surface area contributed by atoms with Gasteiger partial charge in [0.2, 0.25) is 0 Å². The van der Waals surface area contributed by atoms with Crippen LogP contribution in [-0.2, 0) is 9.53 Å². The first-order valence-corrected chi connectivity index (χ1v) is 7.28. The Labute approximate surface area is 128 Å². The topological polar surface area (TPSA) is 64.6 Å². The van der Waals surface area contributed by atoms with Gasteiger partial charge < -0.3 is 14.8 Å². The lowest BCUT2D eigenvalue weighted by Crippen LogP contribution is -2.35. The SMILES string of the molecule is COc1ccc(Cl)cc1C(=O)OCC(=O)NC1CCCC1. The monoisotopic (exact) mass is 311 g/mol. The summed E-state index contributed by atoms with van der Waals surface area (Å²) in [4.78, 5) is 23.7. The molecule has 21 heavy (non-hydrogen) atoms. The molecule has 1 N–H and O–H groups in total. The van der Waals surface area contributed by atoms with E-state index in [2.05, 4.69) is 5.32 Å². The van der Waals surface area contributed by atoms with Crippen molar-refractivity contribution in [3.05, 3.63) is 28.8 Å². The molecule has 0 aromatic heterocycles. The summed E-state index contributed by atoms with van der Waals surface area (Å²) >= 11 is 5.85. The van der Waals surface area contributed by atoms with Crippen molar-refractivity contribution in [1.82, 2.24) is 5.32 Å². The zero-order valence-corrected chi connectivity index (χ0v) is 12.6. The van der Waals surface area contributed by atoms with Gasteiger partial charge >= 0.3 is 5.97 Å². The molecule has 1 aromatic rings. The fourth-order valence-corrected chi connectivity index (χ4v) is 2.56. The van der Waals surface area contributed by atoms with Crippen molar-refractivity contribution in [3.63, 3.8) is 0 Å². The Kier molecular flexibility index (Phi) is 5.44. The maximum absolute atomic E-state index is 12.0. The average molecular weight is 312 g/mol. The van der Waals surface area contributed by atoms with Gasteiger partial charge in [0, 0.05) is 11.1 Å². The number of rotatable bonds is 5. The number of carbonyl (C=O) groups is 2. The summed E-state index contributed by atoms with van der Waals surface area (Å²) in [6, 6.07) is 4.86. The van der Waals surface area contributed by atoms with Gasteiger partial charge in [0.05, 0.1) is 7.11 Å². The van der Waals surface area contributed by atoms with E-state index in [1.54, 1.807) is 12.1 Å². The number of nitrogens with one attached hydrogen (secondary N) is 1. The van der Waals surface area contributed by atoms with Gasteiger partial charge in [-0.2, -0.15) is 0 Å². The van der Waals surface area contributed by atoms with Crippen LogP contribution in [0.1, 0.15) is 36.0 Å². The van der Waals surface area contributed by atoms with E-state index in [0.29, 0.717) is 10.8 Å². The molecular formula is C15H18ClNO4. The van der Waals surface area contributed by atoms with Crippen LogP contribution in [0.3, 0.4) is 0 Å². The fourth-order valence-electron chi connectivity index (χ4n) is 2.39. The Hall–Kier alpha value is -1.75. The van der Waals surface area contributed by atoms with E-state index in [1.165, 1.54) is 13.2 Å². The van der Waals surface area contributed by atoms with Crippen LogP contribution in [-0.4, -0.2) is 31.6 Å². The third kappa shape index (κ3) is 4.36. The highest BCUT2D eigenvalue weighted by atomic mass is 35.5. The minimum atomic E-state index is -0.629. The van der Waals surface area contributed by atoms with Crippen molar-refractivity contribution in [1.29, 1.82) is 0 Å². The number of amides is 1. The smallest absolute Gasteiger partial charge is 0.342 e. The molecule has 1 saturated carbocycles. The van der Waals surface area contributed by atoms with Crippen molar-refractivity contribution < 1.29 is 19.1 Å². The zero-order valence-electron chi connectivity index (χ0n) is 11.9. The van der Waals surface area contributed by atoms with Crippen LogP contribution in [0.4, 0.5) is 0 Å². The Morgan fingerprint density at radius 2 is 2.05 bits per heavy atom. The summed E-state index contributed by atoms with van der Waals surface area (Å²) in [5.74, 6) is -0.548. The normalized spacial score (nSPS) is 14.8. The summed E-state index contributed by atoms with van der Waals surface area (Å²) in [5.41, 5.74) is 0.207. The van der Waals surface area contributed by atoms with Crippen LogP contribution in [0.2, 0.25) is 5.02 Å². The van der Waals surface area contributed by atoms with Crippen LogP contribution < -0.4 is 10.1 Å². The summed E-state index contributed by atoms with van der Waals surface area (Å²) in [6.45, 7) is -0.301. The Morgan fingerprint density at radius 3 is 2.71 bits per heavy atom. The van der Waals surface area contributed by atoms with Gasteiger partial charge in [-0.25, -0.2) is 4.79 Å². The second-order valence-electron chi connectivity index (χ2n) is 4.97. The second-order valence-corrected chi connectivity index (χ2v) is 5.41. The Morgan fingerprint density at radius 1 is 1.33 bits per heavy atom. The van der Waals surface area contributed by atoms with Crippen molar-refractivity contribution in [2.45, 2.75) is 31.7 Å². The van der Waals surface area contributed by atoms with Crippen LogP contribution in [0, 0.1) is 0 Å². The minimum absolute atomic E-state index is 0.205. The molecule has 2 rings (SSSR count). The molecule has 0 bridgehead atoms. The van der Waals surface area contributed by atoms with E-state index in [4.69, 9.17) is 21.1 Å². The van der Waals surface area contributed by atoms with E-state index in [-0.39, 0.29) is 24.1 Å². The van der Waals surface area contributed by atoms with Crippen molar-refractivity contribution in [2.75, 3.05) is 13.7 Å². The number of ether oxygens (including phenoxy) is 2. The number of esters is 1. The zero-order chi connectivity index (χ0) is 15.2. The highest BCUT2D eigenvalue weighted by molar-refractivity contribution is 6.31. The molecule has 0 unspecified atom stereocenters. The highest BCUT2D eigenvalue weighted by Gasteiger charge is 2.19. The molecule has 1 aliphatic rings. The van der Waals surface area contributed by atoms with Gasteiger partial charge in [0.25, 0.3) is 5.91 Å². The molecule has 0 atom stereocenters. The Bertz CT molecular complexity index is 526. The second kappa shape index (κ2) is 7.31. The van der Waals surface area contributed by atoms with Crippen molar-refractivity contribution in [2.24, 2.45) is 0 Å². The molecule has 1 aromatic carbocycles. The fraction of sp³-hybridized carbons (Fsp3) is 0.467. The van der Waals surface area contributed by atoms with E-state index in [0.717, 1.165) is 25.7 Å². The van der Waals surface area contributed by atoms with Gasteiger partial charge in [0.1, 0.15) is 11.3 Å². The summed E-state index contributed by atoms with van der Waals surface area (Å²) in [6.07, 6.45) is 4.23. The molecule has 1 aliphatic carbocycles. The minimum Gasteiger partial charge on any atom is -0.496 e. The predicted molar refractivity (Wildman–Crippen MR) is 78.7 cm³/mol. The molecule has 0 heterocycles. The van der Waals surface area contributed by atoms with Crippen LogP contribution in [0.25, 0.3) is 0 Å². The lowest BCUT2D eigenvalue weighted by Gasteiger charge is -2.12. The molecule has 0 saturated heterocycles. The molecule has 114 valence electrons. The summed E-state index contributed by atoms with van der Waals surface area (Å²) in [7, 11) is 1.45.